The van der Waals surface area contributed by atoms with Gasteiger partial charge in [0.05, 0.1) is 12.5 Å². The van der Waals surface area contributed by atoms with E-state index in [9.17, 15) is 9.59 Å². The van der Waals surface area contributed by atoms with Gasteiger partial charge in [0.2, 0.25) is 5.91 Å². The number of amides is 1. The third-order valence-corrected chi connectivity index (χ3v) is 2.85. The van der Waals surface area contributed by atoms with Crippen LogP contribution in [0.15, 0.2) is 0 Å². The molecule has 18 heavy (non-hydrogen) atoms. The summed E-state index contributed by atoms with van der Waals surface area (Å²) in [6, 6.07) is -0.440. The first kappa shape index (κ1) is 16.9. The first-order valence-corrected chi connectivity index (χ1v) is 6.30. The summed E-state index contributed by atoms with van der Waals surface area (Å²) >= 11 is 0. The Balaban J connectivity index is 3.60. The van der Waals surface area contributed by atoms with Crippen molar-refractivity contribution in [2.75, 3.05) is 20.1 Å². The van der Waals surface area contributed by atoms with Crippen molar-refractivity contribution < 1.29 is 14.7 Å². The van der Waals surface area contributed by atoms with E-state index in [0.29, 0.717) is 12.6 Å². The minimum atomic E-state index is -1.06. The third kappa shape index (κ3) is 8.03. The predicted octanol–water partition coefficient (Wildman–Crippen LogP) is 0.0250. The van der Waals surface area contributed by atoms with Crippen molar-refractivity contribution in [2.45, 2.75) is 45.2 Å². The van der Waals surface area contributed by atoms with Crippen LogP contribution in [0.3, 0.4) is 0 Å². The number of unbranched alkanes of at least 4 members (excludes halogenated alkanes) is 1. The average Bonchev–Trinajstić information content (AvgIpc) is 2.26. The highest BCUT2D eigenvalue weighted by atomic mass is 16.4. The number of carboxylic acids is 1. The Hall–Kier alpha value is -1.14. The van der Waals surface area contributed by atoms with Crippen molar-refractivity contribution in [1.82, 2.24) is 10.2 Å². The first-order valence-electron chi connectivity index (χ1n) is 6.30. The van der Waals surface area contributed by atoms with Crippen LogP contribution in [0.5, 0.6) is 0 Å². The van der Waals surface area contributed by atoms with E-state index in [2.05, 4.69) is 31.1 Å². The summed E-state index contributed by atoms with van der Waals surface area (Å²) in [7, 11) is 2.06. The maximum absolute atomic E-state index is 11.4. The van der Waals surface area contributed by atoms with Crippen LogP contribution in [-0.4, -0.2) is 54.1 Å². The smallest absolute Gasteiger partial charge is 0.305 e. The molecule has 0 saturated carbocycles. The second-order valence-electron chi connectivity index (χ2n) is 4.78. The second-order valence-corrected chi connectivity index (χ2v) is 4.78. The monoisotopic (exact) mass is 259 g/mol. The molecule has 1 unspecified atom stereocenters. The van der Waals surface area contributed by atoms with Gasteiger partial charge in [0.15, 0.2) is 0 Å². The van der Waals surface area contributed by atoms with Crippen molar-refractivity contribution in [3.05, 3.63) is 0 Å². The topological polar surface area (TPSA) is 95.7 Å². The molecule has 0 aromatic carbocycles. The Morgan fingerprint density at radius 1 is 1.33 bits per heavy atom. The molecule has 0 aliphatic heterocycles. The van der Waals surface area contributed by atoms with Gasteiger partial charge in [-0.15, -0.1) is 0 Å². The molecule has 1 atom stereocenters. The number of nitrogens with one attached hydrogen (secondary N) is 1. The van der Waals surface area contributed by atoms with Gasteiger partial charge in [0.1, 0.15) is 0 Å². The first-order chi connectivity index (χ1) is 8.34. The minimum absolute atomic E-state index is 0.331. The van der Waals surface area contributed by atoms with Gasteiger partial charge in [-0.05, 0) is 40.3 Å². The molecule has 0 spiro atoms. The highest BCUT2D eigenvalue weighted by Crippen LogP contribution is 1.97. The van der Waals surface area contributed by atoms with E-state index in [0.717, 1.165) is 19.4 Å². The van der Waals surface area contributed by atoms with Crippen molar-refractivity contribution in [3.8, 4) is 0 Å². The predicted molar refractivity (Wildman–Crippen MR) is 70.2 cm³/mol. The van der Waals surface area contributed by atoms with Crippen LogP contribution < -0.4 is 11.1 Å². The molecule has 0 aliphatic rings. The molecule has 106 valence electrons. The van der Waals surface area contributed by atoms with E-state index in [-0.39, 0.29) is 6.42 Å². The van der Waals surface area contributed by atoms with E-state index < -0.39 is 17.9 Å². The Kier molecular flexibility index (Phi) is 8.32. The van der Waals surface area contributed by atoms with Crippen molar-refractivity contribution in [3.63, 3.8) is 0 Å². The summed E-state index contributed by atoms with van der Waals surface area (Å²) in [5.41, 5.74) is 5.42. The summed E-state index contributed by atoms with van der Waals surface area (Å²) in [4.78, 5) is 24.0. The van der Waals surface area contributed by atoms with Gasteiger partial charge < -0.3 is 21.1 Å². The van der Waals surface area contributed by atoms with Crippen LogP contribution in [0.4, 0.5) is 0 Å². The molecule has 0 fully saturated rings. The molecular weight excluding hydrogens is 234 g/mol. The molecule has 1 amide bonds. The lowest BCUT2D eigenvalue weighted by Gasteiger charge is -2.20. The summed E-state index contributed by atoms with van der Waals surface area (Å²) in [5.74, 6) is -1.45. The average molecular weight is 259 g/mol. The van der Waals surface area contributed by atoms with E-state index in [1.54, 1.807) is 0 Å². The fraction of sp³-hybridized carbons (Fsp3) is 0.833. The molecule has 0 radical (unpaired) electrons. The van der Waals surface area contributed by atoms with Crippen molar-refractivity contribution in [1.29, 1.82) is 0 Å². The highest BCUT2D eigenvalue weighted by Gasteiger charge is 2.16. The zero-order valence-electron chi connectivity index (χ0n) is 11.5. The van der Waals surface area contributed by atoms with Gasteiger partial charge >= 0.3 is 5.97 Å². The largest absolute Gasteiger partial charge is 0.481 e. The van der Waals surface area contributed by atoms with Crippen LogP contribution in [-0.2, 0) is 9.59 Å². The molecule has 0 aliphatic carbocycles. The maximum atomic E-state index is 11.4. The van der Waals surface area contributed by atoms with Crippen LogP contribution in [0.1, 0.15) is 33.1 Å². The number of aliphatic carboxylic acids is 1. The van der Waals surface area contributed by atoms with E-state index in [1.165, 1.54) is 0 Å². The standard InChI is InChI=1S/C12H25N3O3/c1-9(2)15(3)7-5-4-6-14-12(18)10(13)8-11(16)17/h9-10H,4-8,13H2,1-3H3,(H,14,18)(H,16,17). The highest BCUT2D eigenvalue weighted by molar-refractivity contribution is 5.85. The van der Waals surface area contributed by atoms with Crippen molar-refractivity contribution in [2.24, 2.45) is 5.73 Å². The van der Waals surface area contributed by atoms with E-state index >= 15 is 0 Å². The SMILES string of the molecule is CC(C)N(C)CCCCNC(=O)C(N)CC(=O)O. The van der Waals surface area contributed by atoms with Gasteiger partial charge in [-0.1, -0.05) is 0 Å². The normalized spacial score (nSPS) is 12.8. The van der Waals surface area contributed by atoms with Gasteiger partial charge in [-0.25, -0.2) is 0 Å². The van der Waals surface area contributed by atoms with E-state index in [1.807, 2.05) is 0 Å². The molecule has 6 heteroatoms. The quantitative estimate of drug-likeness (QED) is 0.508. The van der Waals surface area contributed by atoms with Crippen LogP contribution in [0.2, 0.25) is 0 Å². The molecule has 0 aromatic rings. The Labute approximate surface area is 109 Å². The zero-order valence-corrected chi connectivity index (χ0v) is 11.5. The van der Waals surface area contributed by atoms with Crippen LogP contribution >= 0.6 is 0 Å². The third-order valence-electron chi connectivity index (χ3n) is 2.85. The molecular formula is C12H25N3O3. The molecule has 0 bridgehead atoms. The molecule has 4 N–H and O–H groups in total. The minimum Gasteiger partial charge on any atom is -0.481 e. The zero-order chi connectivity index (χ0) is 14.1. The van der Waals surface area contributed by atoms with Gasteiger partial charge in [-0.3, -0.25) is 9.59 Å². The molecule has 0 heterocycles. The number of hydrogen-bond donors (Lipinski definition) is 3. The van der Waals surface area contributed by atoms with Gasteiger partial charge in [0, 0.05) is 12.6 Å². The maximum Gasteiger partial charge on any atom is 0.305 e. The number of carboxylic acid groups (broad SMARTS) is 1. The Morgan fingerprint density at radius 2 is 1.94 bits per heavy atom. The van der Waals surface area contributed by atoms with Gasteiger partial charge in [-0.2, -0.15) is 0 Å². The lowest BCUT2D eigenvalue weighted by atomic mass is 10.2. The van der Waals surface area contributed by atoms with Crippen molar-refractivity contribution >= 4 is 11.9 Å². The summed E-state index contributed by atoms with van der Waals surface area (Å²) in [6.45, 7) is 5.78. The Bertz CT molecular complexity index is 269. The van der Waals surface area contributed by atoms with Crippen LogP contribution in [0, 0.1) is 0 Å². The lowest BCUT2D eigenvalue weighted by molar-refractivity contribution is -0.139. The summed E-state index contributed by atoms with van der Waals surface area (Å²) in [6.07, 6.45) is 1.52. The summed E-state index contributed by atoms with van der Waals surface area (Å²) in [5, 5.41) is 11.1. The number of carbonyl (C=O) groups is 2. The molecule has 0 saturated heterocycles. The number of rotatable bonds is 9. The Morgan fingerprint density at radius 3 is 2.44 bits per heavy atom. The molecule has 0 aromatic heterocycles. The van der Waals surface area contributed by atoms with Crippen LogP contribution in [0.25, 0.3) is 0 Å². The number of carbonyl (C=O) groups excluding carboxylic acids is 1. The number of nitrogens with zero attached hydrogens (tertiary/aromatic N) is 1. The number of hydrogen-bond acceptors (Lipinski definition) is 4. The lowest BCUT2D eigenvalue weighted by Crippen LogP contribution is -2.42. The van der Waals surface area contributed by atoms with Gasteiger partial charge in [0.25, 0.3) is 0 Å². The van der Waals surface area contributed by atoms with E-state index in [4.69, 9.17) is 10.8 Å². The summed E-state index contributed by atoms with van der Waals surface area (Å²) < 4.78 is 0. The second kappa shape index (κ2) is 8.88. The molecule has 6 nitrogen and oxygen atoms in total. The fourth-order valence-electron chi connectivity index (χ4n) is 1.37. The molecule has 0 rings (SSSR count). The fourth-order valence-corrected chi connectivity index (χ4v) is 1.37. The number of nitrogens with two attached hydrogens (primary N) is 1.